The van der Waals surface area contributed by atoms with E-state index >= 15 is 0 Å². The highest BCUT2D eigenvalue weighted by atomic mass is 32.1. The van der Waals surface area contributed by atoms with Gasteiger partial charge < -0.3 is 10.7 Å². The van der Waals surface area contributed by atoms with E-state index < -0.39 is 0 Å². The van der Waals surface area contributed by atoms with Gasteiger partial charge in [0.05, 0.1) is 0 Å². The molecule has 0 bridgehead atoms. The highest BCUT2D eigenvalue weighted by Crippen LogP contribution is 2.14. The Balaban J connectivity index is 2.20. The van der Waals surface area contributed by atoms with Crippen LogP contribution in [0.4, 0.5) is 5.82 Å². The lowest BCUT2D eigenvalue weighted by Gasteiger charge is -1.93. The number of thiol groups is 1. The molecule has 0 atom stereocenters. The number of nitrogens with one attached hydrogen (secondary N) is 1. The van der Waals surface area contributed by atoms with Crippen LogP contribution < -0.4 is 5.73 Å². The summed E-state index contributed by atoms with van der Waals surface area (Å²) in [7, 11) is 0. The molecule has 0 aliphatic carbocycles. The normalized spacial score (nSPS) is 11.0. The van der Waals surface area contributed by atoms with Crippen molar-refractivity contribution in [1.29, 1.82) is 0 Å². The monoisotopic (exact) mass is 223 g/mol. The van der Waals surface area contributed by atoms with Crippen molar-refractivity contribution in [2.24, 2.45) is 0 Å². The maximum atomic E-state index is 5.69. The van der Waals surface area contributed by atoms with Gasteiger partial charge in [0.1, 0.15) is 17.7 Å². The largest absolute Gasteiger partial charge is 0.382 e. The highest BCUT2D eigenvalue weighted by Gasteiger charge is 2.06. The number of unbranched alkanes of at least 4 members (excludes halogenated alkanes) is 1. The third-order valence-corrected chi connectivity index (χ3v) is 2.50. The zero-order valence-electron chi connectivity index (χ0n) is 8.27. The van der Waals surface area contributed by atoms with Gasteiger partial charge in [-0.15, -0.1) is 0 Å². The Morgan fingerprint density at radius 3 is 2.93 bits per heavy atom. The standard InChI is InChI=1S/C9H13N5S/c10-8-7-9(12-5-11-8)14-6(13-7)3-1-2-4-15/h5,15H,1-4H2,(H3,10,11,12,13,14). The molecule has 0 radical (unpaired) electrons. The number of imidazole rings is 1. The molecule has 0 spiro atoms. The molecule has 0 aromatic carbocycles. The molecule has 3 N–H and O–H groups in total. The molecule has 0 saturated carbocycles. The van der Waals surface area contributed by atoms with Crippen molar-refractivity contribution in [3.05, 3.63) is 12.2 Å². The lowest BCUT2D eigenvalue weighted by molar-refractivity contribution is 0.772. The summed E-state index contributed by atoms with van der Waals surface area (Å²) in [6, 6.07) is 0. The maximum Gasteiger partial charge on any atom is 0.183 e. The molecule has 0 fully saturated rings. The minimum Gasteiger partial charge on any atom is -0.382 e. The van der Waals surface area contributed by atoms with Crippen LogP contribution in [0.15, 0.2) is 6.33 Å². The fourth-order valence-corrected chi connectivity index (χ4v) is 1.64. The average molecular weight is 223 g/mol. The number of hydrogen-bond acceptors (Lipinski definition) is 5. The molecular formula is C9H13N5S. The lowest BCUT2D eigenvalue weighted by atomic mass is 10.2. The molecule has 0 amide bonds. The van der Waals surface area contributed by atoms with E-state index in [4.69, 9.17) is 5.73 Å². The molecule has 2 aromatic heterocycles. The van der Waals surface area contributed by atoms with Crippen molar-refractivity contribution in [2.75, 3.05) is 11.5 Å². The van der Waals surface area contributed by atoms with Gasteiger partial charge in [-0.2, -0.15) is 12.6 Å². The molecular weight excluding hydrogens is 210 g/mol. The van der Waals surface area contributed by atoms with Crippen LogP contribution in [0, 0.1) is 0 Å². The van der Waals surface area contributed by atoms with Crippen LogP contribution in [-0.2, 0) is 6.42 Å². The van der Waals surface area contributed by atoms with Gasteiger partial charge in [-0.25, -0.2) is 15.0 Å². The average Bonchev–Trinajstić information content (AvgIpc) is 2.63. The van der Waals surface area contributed by atoms with Crippen molar-refractivity contribution >= 4 is 29.6 Å². The number of anilines is 1. The van der Waals surface area contributed by atoms with E-state index in [1.165, 1.54) is 6.33 Å². The van der Waals surface area contributed by atoms with E-state index in [1.807, 2.05) is 0 Å². The van der Waals surface area contributed by atoms with E-state index in [1.54, 1.807) is 0 Å². The van der Waals surface area contributed by atoms with Gasteiger partial charge in [-0.3, -0.25) is 0 Å². The second-order valence-electron chi connectivity index (χ2n) is 3.32. The Hall–Kier alpha value is -1.30. The Bertz CT molecular complexity index is 453. The Kier molecular flexibility index (Phi) is 3.05. The predicted octanol–water partition coefficient (Wildman–Crippen LogP) is 1.19. The molecule has 0 unspecified atom stereocenters. The number of aromatic nitrogens is 4. The number of aryl methyl sites for hydroxylation is 1. The summed E-state index contributed by atoms with van der Waals surface area (Å²) in [4.78, 5) is 15.4. The molecule has 0 saturated heterocycles. The first kappa shape index (κ1) is 10.2. The van der Waals surface area contributed by atoms with E-state index in [2.05, 4.69) is 32.6 Å². The minimum atomic E-state index is 0.452. The van der Waals surface area contributed by atoms with Crippen LogP contribution in [0.2, 0.25) is 0 Å². The van der Waals surface area contributed by atoms with E-state index in [0.717, 1.165) is 36.4 Å². The third-order valence-electron chi connectivity index (χ3n) is 2.19. The molecule has 2 aromatic rings. The van der Waals surface area contributed by atoms with E-state index in [-0.39, 0.29) is 0 Å². The van der Waals surface area contributed by atoms with Gasteiger partial charge in [0.15, 0.2) is 11.5 Å². The van der Waals surface area contributed by atoms with Crippen LogP contribution in [0.3, 0.4) is 0 Å². The first-order chi connectivity index (χ1) is 7.31. The van der Waals surface area contributed by atoms with Crippen molar-refractivity contribution in [2.45, 2.75) is 19.3 Å². The number of nitrogens with zero attached hydrogens (tertiary/aromatic N) is 3. The van der Waals surface area contributed by atoms with Crippen LogP contribution in [0.25, 0.3) is 11.2 Å². The molecule has 15 heavy (non-hydrogen) atoms. The van der Waals surface area contributed by atoms with Crippen molar-refractivity contribution in [3.63, 3.8) is 0 Å². The van der Waals surface area contributed by atoms with Gasteiger partial charge in [0, 0.05) is 6.42 Å². The number of nitrogen functional groups attached to an aromatic ring is 1. The number of rotatable bonds is 4. The highest BCUT2D eigenvalue weighted by molar-refractivity contribution is 7.80. The summed E-state index contributed by atoms with van der Waals surface area (Å²) in [6.45, 7) is 0. The second kappa shape index (κ2) is 4.48. The van der Waals surface area contributed by atoms with Crippen molar-refractivity contribution in [3.8, 4) is 0 Å². The van der Waals surface area contributed by atoms with Crippen LogP contribution in [-0.4, -0.2) is 25.7 Å². The lowest BCUT2D eigenvalue weighted by Crippen LogP contribution is -1.92. The predicted molar refractivity (Wildman–Crippen MR) is 62.9 cm³/mol. The molecule has 80 valence electrons. The van der Waals surface area contributed by atoms with Gasteiger partial charge >= 0.3 is 0 Å². The molecule has 2 heterocycles. The molecule has 2 rings (SSSR count). The Labute approximate surface area is 92.9 Å². The maximum absolute atomic E-state index is 5.69. The van der Waals surface area contributed by atoms with Gasteiger partial charge in [0.25, 0.3) is 0 Å². The molecule has 0 aliphatic heterocycles. The summed E-state index contributed by atoms with van der Waals surface area (Å²) in [5.74, 6) is 2.27. The number of nitrogens with two attached hydrogens (primary N) is 1. The first-order valence-electron chi connectivity index (χ1n) is 4.87. The summed E-state index contributed by atoms with van der Waals surface area (Å²) in [5, 5.41) is 0. The van der Waals surface area contributed by atoms with Gasteiger partial charge in [-0.1, -0.05) is 0 Å². The number of H-pyrrole nitrogens is 1. The number of hydrogen-bond donors (Lipinski definition) is 3. The van der Waals surface area contributed by atoms with Gasteiger partial charge in [0.2, 0.25) is 0 Å². The third kappa shape index (κ3) is 2.20. The molecule has 6 heteroatoms. The summed E-state index contributed by atoms with van der Waals surface area (Å²) in [5.41, 5.74) is 7.07. The zero-order chi connectivity index (χ0) is 10.7. The fraction of sp³-hybridized carbons (Fsp3) is 0.444. The number of fused-ring (bicyclic) bond motifs is 1. The van der Waals surface area contributed by atoms with E-state index in [0.29, 0.717) is 11.5 Å². The summed E-state index contributed by atoms with van der Waals surface area (Å²) < 4.78 is 0. The fourth-order valence-electron chi connectivity index (χ4n) is 1.42. The summed E-state index contributed by atoms with van der Waals surface area (Å²) >= 11 is 4.16. The minimum absolute atomic E-state index is 0.452. The molecule has 5 nitrogen and oxygen atoms in total. The SMILES string of the molecule is Nc1ncnc2nc(CCCCS)[nH]c12. The number of aromatic amines is 1. The molecule has 0 aliphatic rings. The topological polar surface area (TPSA) is 80.5 Å². The van der Waals surface area contributed by atoms with Crippen LogP contribution >= 0.6 is 12.6 Å². The Morgan fingerprint density at radius 2 is 2.20 bits per heavy atom. The summed E-state index contributed by atoms with van der Waals surface area (Å²) in [6.07, 6.45) is 4.48. The smallest absolute Gasteiger partial charge is 0.183 e. The van der Waals surface area contributed by atoms with E-state index in [9.17, 15) is 0 Å². The zero-order valence-corrected chi connectivity index (χ0v) is 9.17. The van der Waals surface area contributed by atoms with Gasteiger partial charge in [-0.05, 0) is 18.6 Å². The van der Waals surface area contributed by atoms with Crippen molar-refractivity contribution < 1.29 is 0 Å². The quantitative estimate of drug-likeness (QED) is 0.537. The first-order valence-corrected chi connectivity index (χ1v) is 5.50. The second-order valence-corrected chi connectivity index (χ2v) is 3.77. The Morgan fingerprint density at radius 1 is 1.33 bits per heavy atom. The van der Waals surface area contributed by atoms with Crippen LogP contribution in [0.5, 0.6) is 0 Å². The van der Waals surface area contributed by atoms with Crippen molar-refractivity contribution in [1.82, 2.24) is 19.9 Å². The van der Waals surface area contributed by atoms with Crippen LogP contribution in [0.1, 0.15) is 18.7 Å².